The fourth-order valence-corrected chi connectivity index (χ4v) is 4.01. The molecule has 0 aliphatic carbocycles. The van der Waals surface area contributed by atoms with E-state index in [2.05, 4.69) is 36.5 Å². The largest absolute Gasteiger partial charge is 0.493 e. The van der Waals surface area contributed by atoms with E-state index in [0.29, 0.717) is 23.8 Å². The third kappa shape index (κ3) is 6.50. The summed E-state index contributed by atoms with van der Waals surface area (Å²) in [4.78, 5) is 13.0. The van der Waals surface area contributed by atoms with Crippen molar-refractivity contribution < 1.29 is 14.3 Å². The maximum atomic E-state index is 12.0. The topological polar surface area (TPSA) is 47.6 Å². The van der Waals surface area contributed by atoms with Gasteiger partial charge in [-0.15, -0.1) is 11.8 Å². The average Bonchev–Trinajstić information content (AvgIpc) is 2.67. The first-order valence-electron chi connectivity index (χ1n) is 8.38. The first-order chi connectivity index (χ1) is 12.6. The van der Waals surface area contributed by atoms with Gasteiger partial charge in [0.05, 0.1) is 20.0 Å². The van der Waals surface area contributed by atoms with Crippen LogP contribution in [-0.2, 0) is 10.5 Å². The van der Waals surface area contributed by atoms with Crippen molar-refractivity contribution in [1.29, 1.82) is 0 Å². The van der Waals surface area contributed by atoms with Crippen LogP contribution in [0.1, 0.15) is 11.1 Å². The highest BCUT2D eigenvalue weighted by Gasteiger charge is 2.07. The molecule has 0 heterocycles. The Hall–Kier alpha value is -1.79. The zero-order valence-corrected chi connectivity index (χ0v) is 17.0. The lowest BCUT2D eigenvalue weighted by molar-refractivity contribution is -0.118. The van der Waals surface area contributed by atoms with Crippen LogP contribution in [0.15, 0.2) is 47.4 Å². The summed E-state index contributed by atoms with van der Waals surface area (Å²) in [5.41, 5.74) is 2.67. The molecule has 2 aromatic rings. The van der Waals surface area contributed by atoms with E-state index in [9.17, 15) is 4.79 Å². The Labute approximate surface area is 164 Å². The lowest BCUT2D eigenvalue weighted by Gasteiger charge is -2.09. The predicted octanol–water partition coefficient (Wildman–Crippen LogP) is 4.15. The normalized spacial score (nSPS) is 10.4. The summed E-state index contributed by atoms with van der Waals surface area (Å²) in [5.74, 6) is 3.67. The molecule has 140 valence electrons. The van der Waals surface area contributed by atoms with Crippen LogP contribution in [0.3, 0.4) is 0 Å². The van der Waals surface area contributed by atoms with Gasteiger partial charge in [-0.3, -0.25) is 4.79 Å². The van der Waals surface area contributed by atoms with E-state index in [1.807, 2.05) is 30.0 Å². The van der Waals surface area contributed by atoms with Crippen molar-refractivity contribution in [2.24, 2.45) is 0 Å². The highest BCUT2D eigenvalue weighted by Crippen LogP contribution is 2.31. The van der Waals surface area contributed by atoms with Gasteiger partial charge in [-0.1, -0.05) is 24.3 Å². The van der Waals surface area contributed by atoms with Gasteiger partial charge in [0.1, 0.15) is 0 Å². The highest BCUT2D eigenvalue weighted by molar-refractivity contribution is 8.00. The van der Waals surface area contributed by atoms with Crippen molar-refractivity contribution in [3.8, 4) is 11.5 Å². The van der Waals surface area contributed by atoms with Crippen LogP contribution in [0, 0.1) is 6.92 Å². The number of rotatable bonds is 10. The van der Waals surface area contributed by atoms with E-state index < -0.39 is 0 Å². The van der Waals surface area contributed by atoms with Crippen LogP contribution in [-0.4, -0.2) is 38.2 Å². The number of carbonyl (C=O) groups is 1. The molecule has 0 radical (unpaired) electrons. The second-order valence-corrected chi connectivity index (χ2v) is 7.79. The van der Waals surface area contributed by atoms with Crippen molar-refractivity contribution in [2.45, 2.75) is 17.6 Å². The number of hydrogen-bond donors (Lipinski definition) is 1. The van der Waals surface area contributed by atoms with Gasteiger partial charge in [0.15, 0.2) is 11.5 Å². The van der Waals surface area contributed by atoms with Crippen molar-refractivity contribution in [3.63, 3.8) is 0 Å². The van der Waals surface area contributed by atoms with Crippen LogP contribution < -0.4 is 14.8 Å². The van der Waals surface area contributed by atoms with Crippen molar-refractivity contribution in [2.75, 3.05) is 32.3 Å². The van der Waals surface area contributed by atoms with E-state index in [-0.39, 0.29) is 5.91 Å². The summed E-state index contributed by atoms with van der Waals surface area (Å²) < 4.78 is 10.5. The number of aryl methyl sites for hydroxylation is 1. The van der Waals surface area contributed by atoms with Gasteiger partial charge >= 0.3 is 0 Å². The van der Waals surface area contributed by atoms with Crippen LogP contribution in [0.5, 0.6) is 11.5 Å². The zero-order chi connectivity index (χ0) is 18.8. The Morgan fingerprint density at radius 2 is 1.85 bits per heavy atom. The molecule has 0 spiro atoms. The Morgan fingerprint density at radius 1 is 1.08 bits per heavy atom. The lowest BCUT2D eigenvalue weighted by Crippen LogP contribution is -2.27. The minimum absolute atomic E-state index is 0.0428. The molecule has 0 aromatic heterocycles. The second-order valence-electron chi connectivity index (χ2n) is 5.63. The Morgan fingerprint density at radius 3 is 2.58 bits per heavy atom. The monoisotopic (exact) mass is 391 g/mol. The van der Waals surface area contributed by atoms with Gasteiger partial charge in [0.25, 0.3) is 0 Å². The molecule has 1 amide bonds. The summed E-state index contributed by atoms with van der Waals surface area (Å²) in [6, 6.07) is 14.1. The molecule has 2 aromatic carbocycles. The number of carbonyl (C=O) groups excluding carboxylic acids is 1. The molecular weight excluding hydrogens is 366 g/mol. The molecule has 1 N–H and O–H groups in total. The molecule has 0 aliphatic heterocycles. The first kappa shape index (κ1) is 20.5. The smallest absolute Gasteiger partial charge is 0.230 e. The van der Waals surface area contributed by atoms with Gasteiger partial charge in [-0.05, 0) is 36.2 Å². The van der Waals surface area contributed by atoms with E-state index >= 15 is 0 Å². The van der Waals surface area contributed by atoms with Gasteiger partial charge in [0, 0.05) is 22.9 Å². The molecule has 0 fully saturated rings. The van der Waals surface area contributed by atoms with E-state index in [1.165, 1.54) is 22.9 Å². The molecule has 0 bridgehead atoms. The van der Waals surface area contributed by atoms with Crippen molar-refractivity contribution in [3.05, 3.63) is 53.6 Å². The second kappa shape index (κ2) is 11.0. The number of nitrogens with one attached hydrogen (secondary N) is 1. The molecule has 0 saturated heterocycles. The lowest BCUT2D eigenvalue weighted by atomic mass is 10.1. The number of benzene rings is 2. The quantitative estimate of drug-likeness (QED) is 0.487. The highest BCUT2D eigenvalue weighted by atomic mass is 32.2. The summed E-state index contributed by atoms with van der Waals surface area (Å²) in [7, 11) is 3.21. The van der Waals surface area contributed by atoms with Crippen LogP contribution in [0.4, 0.5) is 0 Å². The summed E-state index contributed by atoms with van der Waals surface area (Å²) in [5, 5.41) is 2.97. The molecule has 4 nitrogen and oxygen atoms in total. The minimum atomic E-state index is 0.0428. The molecule has 0 saturated carbocycles. The summed E-state index contributed by atoms with van der Waals surface area (Å²) in [6.07, 6.45) is 0. The van der Waals surface area contributed by atoms with Gasteiger partial charge in [-0.25, -0.2) is 0 Å². The van der Waals surface area contributed by atoms with Gasteiger partial charge < -0.3 is 14.8 Å². The van der Waals surface area contributed by atoms with E-state index in [0.717, 1.165) is 16.4 Å². The molecule has 0 aliphatic rings. The fourth-order valence-electron chi connectivity index (χ4n) is 2.32. The van der Waals surface area contributed by atoms with Crippen molar-refractivity contribution in [1.82, 2.24) is 5.32 Å². The van der Waals surface area contributed by atoms with Crippen molar-refractivity contribution >= 4 is 29.4 Å². The number of hydrogen-bond acceptors (Lipinski definition) is 5. The minimum Gasteiger partial charge on any atom is -0.493 e. The van der Waals surface area contributed by atoms with Gasteiger partial charge in [0.2, 0.25) is 5.91 Å². The molecule has 0 unspecified atom stereocenters. The molecule has 26 heavy (non-hydrogen) atoms. The number of thioether (sulfide) groups is 2. The fraction of sp³-hybridized carbons (Fsp3) is 0.350. The molecule has 6 heteroatoms. The molecule has 0 atom stereocenters. The van der Waals surface area contributed by atoms with E-state index in [4.69, 9.17) is 9.47 Å². The average molecular weight is 392 g/mol. The Balaban J connectivity index is 1.65. The number of methoxy groups -OCH3 is 2. The Kier molecular flexibility index (Phi) is 8.71. The van der Waals surface area contributed by atoms with Gasteiger partial charge in [-0.2, -0.15) is 11.8 Å². The Bertz CT molecular complexity index is 722. The van der Waals surface area contributed by atoms with E-state index in [1.54, 1.807) is 14.2 Å². The number of amides is 1. The summed E-state index contributed by atoms with van der Waals surface area (Å²) >= 11 is 3.32. The SMILES string of the molecule is COc1ccc(SCC(=O)NCCSCc2ccccc2C)cc1OC. The van der Waals surface area contributed by atoms with Crippen LogP contribution >= 0.6 is 23.5 Å². The first-order valence-corrected chi connectivity index (χ1v) is 10.5. The predicted molar refractivity (Wildman–Crippen MR) is 111 cm³/mol. The molecule has 2 rings (SSSR count). The third-order valence-electron chi connectivity index (χ3n) is 3.81. The van der Waals surface area contributed by atoms with Crippen LogP contribution in [0.25, 0.3) is 0 Å². The zero-order valence-electron chi connectivity index (χ0n) is 15.4. The molecular formula is C20H25NO3S2. The number of ether oxygens (including phenoxy) is 2. The van der Waals surface area contributed by atoms with Crippen LogP contribution in [0.2, 0.25) is 0 Å². The standard InChI is InChI=1S/C20H25NO3S2/c1-15-6-4-5-7-16(15)13-25-11-10-21-20(22)14-26-17-8-9-18(23-2)19(12-17)24-3/h4-9,12H,10-11,13-14H2,1-3H3,(H,21,22). The summed E-state index contributed by atoms with van der Waals surface area (Å²) in [6.45, 7) is 2.81. The third-order valence-corrected chi connectivity index (χ3v) is 5.81. The maximum absolute atomic E-state index is 12.0. The maximum Gasteiger partial charge on any atom is 0.230 e.